The molecule has 1 heterocycles. The summed E-state index contributed by atoms with van der Waals surface area (Å²) < 4.78 is 12.6. The summed E-state index contributed by atoms with van der Waals surface area (Å²) in [6.07, 6.45) is 3.46. The van der Waals surface area contributed by atoms with Crippen LogP contribution in [-0.2, 0) is 4.79 Å². The molecule has 86 valence electrons. The molecule has 1 aromatic heterocycles. The SMILES string of the molecule is O=C(NCC1CCCC1=O)c1cc(F)c[nH]1. The highest BCUT2D eigenvalue weighted by Gasteiger charge is 2.24. The fourth-order valence-electron chi connectivity index (χ4n) is 1.91. The predicted molar refractivity (Wildman–Crippen MR) is 55.4 cm³/mol. The summed E-state index contributed by atoms with van der Waals surface area (Å²) in [4.78, 5) is 25.3. The van der Waals surface area contributed by atoms with Crippen LogP contribution in [0.5, 0.6) is 0 Å². The number of aromatic nitrogens is 1. The number of halogens is 1. The number of amides is 1. The molecule has 0 bridgehead atoms. The Morgan fingerprint density at radius 2 is 2.44 bits per heavy atom. The van der Waals surface area contributed by atoms with Gasteiger partial charge in [-0.25, -0.2) is 4.39 Å². The maximum absolute atomic E-state index is 12.6. The average Bonchev–Trinajstić information content (AvgIpc) is 2.84. The number of aromatic amines is 1. The summed E-state index contributed by atoms with van der Waals surface area (Å²) >= 11 is 0. The van der Waals surface area contributed by atoms with E-state index in [1.54, 1.807) is 0 Å². The number of ketones is 1. The van der Waals surface area contributed by atoms with Crippen LogP contribution in [0.15, 0.2) is 12.3 Å². The summed E-state index contributed by atoms with van der Waals surface area (Å²) in [7, 11) is 0. The highest BCUT2D eigenvalue weighted by molar-refractivity contribution is 5.93. The van der Waals surface area contributed by atoms with Crippen molar-refractivity contribution >= 4 is 11.7 Å². The Bertz CT molecular complexity index is 414. The molecule has 0 aliphatic heterocycles. The zero-order valence-corrected chi connectivity index (χ0v) is 8.75. The fraction of sp³-hybridized carbons (Fsp3) is 0.455. The second-order valence-electron chi connectivity index (χ2n) is 4.00. The molecule has 1 saturated carbocycles. The largest absolute Gasteiger partial charge is 0.355 e. The van der Waals surface area contributed by atoms with E-state index in [0.717, 1.165) is 25.1 Å². The molecule has 1 aliphatic rings. The van der Waals surface area contributed by atoms with E-state index in [1.807, 2.05) is 0 Å². The van der Waals surface area contributed by atoms with Crippen LogP contribution in [-0.4, -0.2) is 23.2 Å². The van der Waals surface area contributed by atoms with Crippen molar-refractivity contribution in [3.63, 3.8) is 0 Å². The molecule has 16 heavy (non-hydrogen) atoms. The molecule has 2 N–H and O–H groups in total. The Labute approximate surface area is 92.2 Å². The minimum atomic E-state index is -0.470. The van der Waals surface area contributed by atoms with Crippen LogP contribution in [0.4, 0.5) is 4.39 Å². The molecule has 1 atom stereocenters. The first-order valence-electron chi connectivity index (χ1n) is 5.31. The standard InChI is InChI=1S/C11H13FN2O2/c12-8-4-9(13-6-8)11(16)14-5-7-2-1-3-10(7)15/h4,6-7,13H,1-3,5H2,(H,14,16). The molecule has 1 aromatic rings. The van der Waals surface area contributed by atoms with Crippen molar-refractivity contribution in [1.82, 2.24) is 10.3 Å². The Morgan fingerprint density at radius 1 is 1.62 bits per heavy atom. The molecule has 5 heteroatoms. The number of H-pyrrole nitrogens is 1. The van der Waals surface area contributed by atoms with Crippen molar-refractivity contribution in [3.8, 4) is 0 Å². The minimum absolute atomic E-state index is 0.0660. The zero-order valence-electron chi connectivity index (χ0n) is 8.75. The highest BCUT2D eigenvalue weighted by atomic mass is 19.1. The lowest BCUT2D eigenvalue weighted by atomic mass is 10.1. The van der Waals surface area contributed by atoms with E-state index >= 15 is 0 Å². The molecule has 4 nitrogen and oxygen atoms in total. The van der Waals surface area contributed by atoms with Gasteiger partial charge in [-0.15, -0.1) is 0 Å². The Morgan fingerprint density at radius 3 is 3.00 bits per heavy atom. The van der Waals surface area contributed by atoms with Gasteiger partial charge in [0.15, 0.2) is 0 Å². The van der Waals surface area contributed by atoms with Gasteiger partial charge >= 0.3 is 0 Å². The molecular formula is C11H13FN2O2. The van der Waals surface area contributed by atoms with Gasteiger partial charge in [0.2, 0.25) is 0 Å². The van der Waals surface area contributed by atoms with E-state index in [4.69, 9.17) is 0 Å². The van der Waals surface area contributed by atoms with Crippen LogP contribution in [0.1, 0.15) is 29.8 Å². The summed E-state index contributed by atoms with van der Waals surface area (Å²) in [6.45, 7) is 0.346. The number of carbonyl (C=O) groups excluding carboxylic acids is 2. The lowest BCUT2D eigenvalue weighted by molar-refractivity contribution is -0.120. The number of hydrogen-bond acceptors (Lipinski definition) is 2. The van der Waals surface area contributed by atoms with E-state index in [1.165, 1.54) is 0 Å². The topological polar surface area (TPSA) is 62.0 Å². The number of carbonyl (C=O) groups is 2. The first-order valence-corrected chi connectivity index (χ1v) is 5.31. The number of rotatable bonds is 3. The van der Waals surface area contributed by atoms with Crippen LogP contribution < -0.4 is 5.32 Å². The summed E-state index contributed by atoms with van der Waals surface area (Å²) in [5.74, 6) is -0.701. The molecule has 0 radical (unpaired) electrons. The Hall–Kier alpha value is -1.65. The Kier molecular flexibility index (Phi) is 3.03. The molecule has 0 spiro atoms. The maximum atomic E-state index is 12.6. The number of nitrogens with one attached hydrogen (secondary N) is 2. The fourth-order valence-corrected chi connectivity index (χ4v) is 1.91. The number of Topliss-reactive ketones (excluding diaryl/α,β-unsaturated/α-hetero) is 1. The summed E-state index contributed by atoms with van der Waals surface area (Å²) in [6, 6.07) is 1.13. The zero-order chi connectivity index (χ0) is 11.5. The van der Waals surface area contributed by atoms with Crippen LogP contribution in [0.25, 0.3) is 0 Å². The first kappa shape index (κ1) is 10.9. The van der Waals surface area contributed by atoms with Gasteiger partial charge < -0.3 is 10.3 Å². The molecular weight excluding hydrogens is 211 g/mol. The van der Waals surface area contributed by atoms with Gasteiger partial charge in [0, 0.05) is 31.1 Å². The third-order valence-electron chi connectivity index (χ3n) is 2.83. The van der Waals surface area contributed by atoms with Crippen molar-refractivity contribution in [2.24, 2.45) is 5.92 Å². The third kappa shape index (κ3) is 2.29. The normalized spacial score (nSPS) is 20.1. The summed E-state index contributed by atoms with van der Waals surface area (Å²) in [5, 5.41) is 2.63. The molecule has 1 fully saturated rings. The quantitative estimate of drug-likeness (QED) is 0.811. The van der Waals surface area contributed by atoms with Gasteiger partial charge in [-0.05, 0) is 12.8 Å². The van der Waals surface area contributed by atoms with Gasteiger partial charge in [-0.1, -0.05) is 0 Å². The lowest BCUT2D eigenvalue weighted by Gasteiger charge is -2.08. The van der Waals surface area contributed by atoms with Gasteiger partial charge in [-0.2, -0.15) is 0 Å². The van der Waals surface area contributed by atoms with Crippen LogP contribution in [0.2, 0.25) is 0 Å². The predicted octanol–water partition coefficient (Wildman–Crippen LogP) is 1.25. The minimum Gasteiger partial charge on any atom is -0.355 e. The molecule has 0 saturated heterocycles. The van der Waals surface area contributed by atoms with Crippen molar-refractivity contribution in [3.05, 3.63) is 23.8 Å². The molecule has 1 amide bonds. The first-order chi connectivity index (χ1) is 7.66. The average molecular weight is 224 g/mol. The van der Waals surface area contributed by atoms with Crippen LogP contribution in [0, 0.1) is 11.7 Å². The van der Waals surface area contributed by atoms with Crippen LogP contribution >= 0.6 is 0 Å². The summed E-state index contributed by atoms with van der Waals surface area (Å²) in [5.41, 5.74) is 0.183. The van der Waals surface area contributed by atoms with E-state index in [-0.39, 0.29) is 23.3 Å². The smallest absolute Gasteiger partial charge is 0.267 e. The third-order valence-corrected chi connectivity index (χ3v) is 2.83. The van der Waals surface area contributed by atoms with Crippen molar-refractivity contribution in [2.75, 3.05) is 6.54 Å². The van der Waals surface area contributed by atoms with Crippen molar-refractivity contribution in [1.29, 1.82) is 0 Å². The van der Waals surface area contributed by atoms with E-state index in [9.17, 15) is 14.0 Å². The lowest BCUT2D eigenvalue weighted by Crippen LogP contribution is -2.31. The molecule has 2 rings (SSSR count). The van der Waals surface area contributed by atoms with E-state index in [2.05, 4.69) is 10.3 Å². The number of hydrogen-bond donors (Lipinski definition) is 2. The van der Waals surface area contributed by atoms with Gasteiger partial charge in [0.25, 0.3) is 5.91 Å². The molecule has 1 aliphatic carbocycles. The molecule has 0 aromatic carbocycles. The van der Waals surface area contributed by atoms with E-state index in [0.29, 0.717) is 13.0 Å². The van der Waals surface area contributed by atoms with Gasteiger partial charge in [0.05, 0.1) is 0 Å². The Balaban J connectivity index is 1.86. The van der Waals surface area contributed by atoms with Crippen molar-refractivity contribution in [2.45, 2.75) is 19.3 Å². The second kappa shape index (κ2) is 4.47. The van der Waals surface area contributed by atoms with Crippen molar-refractivity contribution < 1.29 is 14.0 Å². The monoisotopic (exact) mass is 224 g/mol. The maximum Gasteiger partial charge on any atom is 0.267 e. The van der Waals surface area contributed by atoms with Crippen LogP contribution in [0.3, 0.4) is 0 Å². The highest BCUT2D eigenvalue weighted by Crippen LogP contribution is 2.20. The molecule has 1 unspecified atom stereocenters. The second-order valence-corrected chi connectivity index (χ2v) is 4.00. The van der Waals surface area contributed by atoms with Gasteiger partial charge in [-0.3, -0.25) is 9.59 Å². The van der Waals surface area contributed by atoms with E-state index < -0.39 is 5.82 Å². The van der Waals surface area contributed by atoms with Gasteiger partial charge in [0.1, 0.15) is 17.3 Å².